The van der Waals surface area contributed by atoms with Crippen LogP contribution < -0.4 is 35.3 Å². The quantitative estimate of drug-likeness (QED) is 0.0205. The largest absolute Gasteiger partial charge is 0.504 e. The number of hydrogen-bond acceptors (Lipinski definition) is 17. The summed E-state index contributed by atoms with van der Waals surface area (Å²) in [6.07, 6.45) is -8.40. The number of carboxylic acids is 1. The number of phenolic OH excluding ortho intramolecular Hbond substituents is 2. The van der Waals surface area contributed by atoms with Gasteiger partial charge in [0.25, 0.3) is 0 Å². The van der Waals surface area contributed by atoms with Crippen molar-refractivity contribution in [2.75, 3.05) is 38.9 Å². The number of anilines is 1. The second-order valence-electron chi connectivity index (χ2n) is 17.8. The molecule has 0 spiro atoms. The number of rotatable bonds is 19. The zero-order valence-corrected chi connectivity index (χ0v) is 39.3. The molecule has 0 radical (unpaired) electrons. The van der Waals surface area contributed by atoms with E-state index in [4.69, 9.17) is 39.3 Å². The first-order valence-electron chi connectivity index (χ1n) is 23.0. The molecule has 376 valence electrons. The normalized spacial score (nSPS) is 24.5. The molecule has 20 heteroatoms. The third-order valence-electron chi connectivity index (χ3n) is 12.6. The second-order valence-corrected chi connectivity index (χ2v) is 17.8. The van der Waals surface area contributed by atoms with Crippen LogP contribution in [0.4, 0.5) is 5.69 Å². The highest BCUT2D eigenvalue weighted by Crippen LogP contribution is 2.49. The summed E-state index contributed by atoms with van der Waals surface area (Å²) in [7, 11) is 1.20. The Labute approximate surface area is 400 Å². The molecule has 3 aromatic carbocycles. The number of carboxylic acid groups (broad SMARTS) is 1. The van der Waals surface area contributed by atoms with Crippen molar-refractivity contribution in [2.45, 2.75) is 115 Å². The van der Waals surface area contributed by atoms with E-state index in [1.54, 1.807) is 0 Å². The number of ether oxygens (including phenoxy) is 6. The molecule has 3 aliphatic rings. The number of aliphatic imine (C=N–C) groups is 1. The summed E-state index contributed by atoms with van der Waals surface area (Å²) < 4.78 is 34.8. The number of carbonyl (C=O) groups is 2. The van der Waals surface area contributed by atoms with Crippen molar-refractivity contribution in [3.8, 4) is 46.3 Å². The smallest absolute Gasteiger partial charge is 0.344 e. The van der Waals surface area contributed by atoms with Gasteiger partial charge in [0.2, 0.25) is 24.1 Å². The number of esters is 1. The van der Waals surface area contributed by atoms with Crippen LogP contribution in [0.5, 0.6) is 34.5 Å². The molecule has 12 N–H and O–H groups in total. The molecule has 1 saturated heterocycles. The van der Waals surface area contributed by atoms with E-state index in [2.05, 4.69) is 27.5 Å². The molecular weight excluding hydrogens is 901 g/mol. The van der Waals surface area contributed by atoms with Crippen LogP contribution in [-0.4, -0.2) is 135 Å². The molecular formula is C49H64N4O16. The molecule has 4 bridgehead atoms. The Balaban J connectivity index is 1.35. The average molecular weight is 965 g/mol. The lowest BCUT2D eigenvalue weighted by Crippen LogP contribution is -2.69. The van der Waals surface area contributed by atoms with Gasteiger partial charge < -0.3 is 85.6 Å². The van der Waals surface area contributed by atoms with Gasteiger partial charge in [-0.05, 0) is 62.0 Å². The molecule has 20 nitrogen and oxygen atoms in total. The second kappa shape index (κ2) is 22.9. The highest BCUT2D eigenvalue weighted by Gasteiger charge is 2.59. The first-order valence-corrected chi connectivity index (χ1v) is 23.0. The van der Waals surface area contributed by atoms with Gasteiger partial charge in [0.05, 0.1) is 25.0 Å². The number of aliphatic hydroxyl groups is 5. The maximum Gasteiger partial charge on any atom is 0.344 e. The first-order chi connectivity index (χ1) is 32.9. The van der Waals surface area contributed by atoms with E-state index in [0.717, 1.165) is 23.6 Å². The van der Waals surface area contributed by atoms with Crippen LogP contribution in [-0.2, 0) is 28.7 Å². The summed E-state index contributed by atoms with van der Waals surface area (Å²) >= 11 is 0. The fraction of sp³-hybridized carbons (Fsp3) is 0.531. The maximum absolute atomic E-state index is 13.8. The molecule has 6 rings (SSSR count). The third kappa shape index (κ3) is 11.8. The van der Waals surface area contributed by atoms with Crippen LogP contribution in [0, 0.1) is 29.6 Å². The zero-order chi connectivity index (χ0) is 50.2. The fourth-order valence-electron chi connectivity index (χ4n) is 8.81. The monoisotopic (exact) mass is 964 g/mol. The molecule has 0 aromatic heterocycles. The number of carbonyl (C=O) groups excluding carboxylic acids is 1. The Morgan fingerprint density at radius 3 is 2.49 bits per heavy atom. The molecule has 3 heterocycles. The van der Waals surface area contributed by atoms with Crippen molar-refractivity contribution in [2.24, 2.45) is 28.5 Å². The molecule has 1 fully saturated rings. The fourth-order valence-corrected chi connectivity index (χ4v) is 8.81. The maximum atomic E-state index is 13.8. The van der Waals surface area contributed by atoms with Gasteiger partial charge in [-0.25, -0.2) is 14.6 Å². The number of aromatic carboxylic acids is 1. The third-order valence-corrected chi connectivity index (χ3v) is 12.6. The average Bonchev–Trinajstić information content (AvgIpc) is 3.44. The van der Waals surface area contributed by atoms with E-state index in [-0.39, 0.29) is 77.5 Å². The predicted octanol–water partition coefficient (Wildman–Crippen LogP) is 2.78. The van der Waals surface area contributed by atoms with Gasteiger partial charge in [0.1, 0.15) is 23.4 Å². The minimum Gasteiger partial charge on any atom is -0.504 e. The Morgan fingerprint density at radius 1 is 1.06 bits per heavy atom. The first kappa shape index (κ1) is 52.2. The molecule has 3 aliphatic heterocycles. The number of aliphatic hydroxyl groups excluding tert-OH is 4. The van der Waals surface area contributed by atoms with E-state index in [1.165, 1.54) is 13.2 Å². The Kier molecular flexibility index (Phi) is 17.3. The van der Waals surface area contributed by atoms with Crippen LogP contribution in [0.1, 0.15) is 90.8 Å². The van der Waals surface area contributed by atoms with Crippen molar-refractivity contribution in [3.05, 3.63) is 64.2 Å². The van der Waals surface area contributed by atoms with Crippen LogP contribution in [0.15, 0.2) is 41.4 Å². The Hall–Kier alpha value is -6.21. The lowest BCUT2D eigenvalue weighted by molar-refractivity contribution is -0.337. The zero-order valence-electron chi connectivity index (χ0n) is 39.3. The number of fused-ring (bicyclic) bond motifs is 3. The summed E-state index contributed by atoms with van der Waals surface area (Å²) in [6.45, 7) is 7.90. The number of hydrogen-bond donors (Lipinski definition) is 11. The van der Waals surface area contributed by atoms with Gasteiger partial charge in [-0.1, -0.05) is 56.9 Å². The van der Waals surface area contributed by atoms with Crippen molar-refractivity contribution < 1.29 is 78.9 Å². The molecule has 0 amide bonds. The number of unbranched alkanes of at least 4 members (excludes halogenated alkanes) is 1. The Bertz CT molecular complexity index is 2400. The number of guanidine groups is 1. The minimum absolute atomic E-state index is 0.000444. The topological polar surface area (TPSA) is 314 Å². The van der Waals surface area contributed by atoms with Gasteiger partial charge in [-0.3, -0.25) is 0 Å². The van der Waals surface area contributed by atoms with Crippen LogP contribution in [0.25, 0.3) is 0 Å². The summed E-state index contributed by atoms with van der Waals surface area (Å²) in [5, 5.41) is 95.5. The van der Waals surface area contributed by atoms with Crippen LogP contribution >= 0.6 is 0 Å². The van der Waals surface area contributed by atoms with Gasteiger partial charge in [-0.15, -0.1) is 0 Å². The summed E-state index contributed by atoms with van der Waals surface area (Å²) in [5.74, 6) is 0.259. The molecule has 0 aliphatic carbocycles. The number of phenols is 2. The number of nitrogens with two attached hydrogens (primary N) is 1. The van der Waals surface area contributed by atoms with E-state index >= 15 is 0 Å². The predicted molar refractivity (Wildman–Crippen MR) is 249 cm³/mol. The summed E-state index contributed by atoms with van der Waals surface area (Å²) in [6, 6.07) is 9.55. The highest BCUT2D eigenvalue weighted by molar-refractivity contribution is 5.97. The lowest BCUT2D eigenvalue weighted by atomic mass is 9.78. The number of nitrogens with zero attached hydrogens (tertiary/aromatic N) is 1. The van der Waals surface area contributed by atoms with Crippen molar-refractivity contribution >= 4 is 23.6 Å². The molecule has 0 saturated carbocycles. The van der Waals surface area contributed by atoms with Crippen LogP contribution in [0.2, 0.25) is 0 Å². The van der Waals surface area contributed by atoms with Gasteiger partial charge in [0.15, 0.2) is 41.8 Å². The molecule has 3 aromatic rings. The van der Waals surface area contributed by atoms with Gasteiger partial charge in [-0.2, -0.15) is 0 Å². The molecule has 9 atom stereocenters. The lowest BCUT2D eigenvalue weighted by Gasteiger charge is -2.48. The molecule has 69 heavy (non-hydrogen) atoms. The van der Waals surface area contributed by atoms with E-state index in [9.17, 15) is 45.3 Å². The van der Waals surface area contributed by atoms with E-state index in [0.29, 0.717) is 32.2 Å². The van der Waals surface area contributed by atoms with Crippen molar-refractivity contribution in [3.63, 3.8) is 0 Å². The van der Waals surface area contributed by atoms with Crippen molar-refractivity contribution in [1.82, 2.24) is 5.32 Å². The summed E-state index contributed by atoms with van der Waals surface area (Å²) in [5.41, 5.74) is 5.04. The standard InChI is InChI=1S/C49H64N4O16/c1-6-27-11-9-12-28(20-27)14-18-65-40-37(55)33(23-34(64-5)38(40)56)45(61)69-46(62)41-42(57)49(63)15-10-13-29-21-31-36(53-26(4)30(29)19-25(2)3)32(44(59)60)22-35(39(31)67-47(68-41)43(49)58)66-24-52-48(50)51-16-7-8-17-54/h9,11-12,20,22-23,25-26,29-30,41-43,46-47,53-58,62-63H,6-8,14-19,21,24H2,1-5H3,(H,59,60)(H3,50,51,52)/t26-,29-,30+,41-,42+,43-,46-,47+,49-/m0/s1. The number of benzene rings is 3. The number of methoxy groups -OCH3 is 1. The van der Waals surface area contributed by atoms with E-state index < -0.39 is 90.3 Å². The van der Waals surface area contributed by atoms with E-state index in [1.807, 2.05) is 52.0 Å². The number of aryl methyl sites for hydroxylation is 1. The van der Waals surface area contributed by atoms with Gasteiger partial charge in [0, 0.05) is 55.6 Å². The van der Waals surface area contributed by atoms with Crippen molar-refractivity contribution in [1.29, 1.82) is 0 Å². The number of aromatic hydroxyl groups is 2. The summed E-state index contributed by atoms with van der Waals surface area (Å²) in [4.78, 5) is 30.9. The highest BCUT2D eigenvalue weighted by atomic mass is 16.7. The number of nitrogens with one attached hydrogen (secondary N) is 2. The molecule has 0 unspecified atom stereocenters. The minimum atomic E-state index is -2.63. The van der Waals surface area contributed by atoms with Crippen LogP contribution in [0.3, 0.4) is 0 Å². The Morgan fingerprint density at radius 2 is 1.80 bits per heavy atom. The SMILES string of the molecule is CCc1cccc(CCOc2c(O)c(OC)cc(C(=O)O[C@H](O)[C@H]3O[C@H]4Oc5c(OCN=C(N)NCCCCO)cc(C(=O)O)c6c5C[C@H](C#CC[C@](O)([C@@H]3O)[C@H]4O)[C@H](CC(C)C)[C@H](C)N6)c2O)c1. The van der Waals surface area contributed by atoms with Gasteiger partial charge >= 0.3 is 11.9 Å².